The Balaban J connectivity index is 1.10. The molecular weight excluding hydrogens is 699 g/mol. The predicted octanol–water partition coefficient (Wildman–Crippen LogP) is 14.1. The number of rotatable bonds is 10. The van der Waals surface area contributed by atoms with E-state index in [0.29, 0.717) is 11.2 Å². The molecule has 3 nitrogen and oxygen atoms in total. The maximum absolute atomic E-state index is 5.19. The average molecular weight is 748 g/mol. The SMILES string of the molecule is C=C\C=C(/C=C/C(=N/C)c1ccc2c(c1C(C)/C=C(C)\C=C/C)SC1CCCCC21)c1ccc(-c2ccc3ccc4ccc(-c5ccccc5)nc4c3n2)cc1. The first kappa shape index (κ1) is 37.3. The highest BCUT2D eigenvalue weighted by Crippen LogP contribution is 2.55. The van der Waals surface area contributed by atoms with E-state index in [2.05, 4.69) is 160 Å². The fraction of sp³-hybridized carbons (Fsp3) is 0.212. The molecule has 56 heavy (non-hydrogen) atoms. The lowest BCUT2D eigenvalue weighted by Gasteiger charge is -2.24. The van der Waals surface area contributed by atoms with Gasteiger partial charge in [0.1, 0.15) is 0 Å². The molecule has 0 bridgehead atoms. The van der Waals surface area contributed by atoms with Crippen molar-refractivity contribution in [3.05, 3.63) is 180 Å². The quantitative estimate of drug-likeness (QED) is 0.0796. The molecule has 8 rings (SSSR count). The van der Waals surface area contributed by atoms with Gasteiger partial charge in [0.25, 0.3) is 0 Å². The van der Waals surface area contributed by atoms with E-state index in [-0.39, 0.29) is 5.92 Å². The Kier molecular flexibility index (Phi) is 11.1. The number of thioether (sulfide) groups is 1. The third-order valence-corrected chi connectivity index (χ3v) is 12.9. The number of fused-ring (bicyclic) bond motifs is 6. The smallest absolute Gasteiger partial charge is 0.0972 e. The lowest BCUT2D eigenvalue weighted by molar-refractivity contribution is 0.461. The molecule has 0 radical (unpaired) electrons. The van der Waals surface area contributed by atoms with Gasteiger partial charge < -0.3 is 0 Å². The van der Waals surface area contributed by atoms with Crippen LogP contribution in [0, 0.1) is 0 Å². The van der Waals surface area contributed by atoms with Gasteiger partial charge in [-0.2, -0.15) is 0 Å². The first-order valence-corrected chi connectivity index (χ1v) is 20.8. The zero-order valence-electron chi connectivity index (χ0n) is 32.9. The van der Waals surface area contributed by atoms with Crippen LogP contribution in [0.15, 0.2) is 168 Å². The average Bonchev–Trinajstić information content (AvgIpc) is 3.62. The van der Waals surface area contributed by atoms with Crippen LogP contribution in [0.3, 0.4) is 0 Å². The molecule has 1 aliphatic carbocycles. The Morgan fingerprint density at radius 1 is 0.786 bits per heavy atom. The standard InChI is InChI=1S/C52H49N3S/c1-6-13-34(3)33-35(4)49-44(29-28-43-42-17-11-12-18-48(42)56-52(43)49)47(53-5)32-25-36(14-7-2)37-19-21-39(22-20-37)46-31-27-41-24-23-40-26-30-45(38-15-9-8-10-16-38)54-50(40)51(41)55-46/h6-10,13-16,19-33,35,42,48H,2,11-12,17-18H2,1,3-5H3/b13-6-,32-25+,34-33-,36-14+,53-47-. The van der Waals surface area contributed by atoms with Crippen molar-refractivity contribution in [2.75, 3.05) is 7.05 Å². The number of hydrogen-bond acceptors (Lipinski definition) is 4. The van der Waals surface area contributed by atoms with Gasteiger partial charge in [-0.25, -0.2) is 9.97 Å². The molecule has 1 fully saturated rings. The molecule has 278 valence electrons. The molecule has 1 aliphatic heterocycles. The summed E-state index contributed by atoms with van der Waals surface area (Å²) in [4.78, 5) is 16.7. The van der Waals surface area contributed by atoms with Crippen LogP contribution >= 0.6 is 11.8 Å². The van der Waals surface area contributed by atoms with Gasteiger partial charge in [-0.05, 0) is 73.1 Å². The third kappa shape index (κ3) is 7.51. The second kappa shape index (κ2) is 16.6. The first-order chi connectivity index (χ1) is 27.4. The maximum atomic E-state index is 5.19. The van der Waals surface area contributed by atoms with Gasteiger partial charge in [0.2, 0.25) is 0 Å². The zero-order chi connectivity index (χ0) is 38.6. The van der Waals surface area contributed by atoms with Crippen molar-refractivity contribution in [3.63, 3.8) is 0 Å². The van der Waals surface area contributed by atoms with Crippen LogP contribution < -0.4 is 0 Å². The van der Waals surface area contributed by atoms with E-state index in [1.165, 1.54) is 47.3 Å². The molecule has 3 atom stereocenters. The van der Waals surface area contributed by atoms with Crippen molar-refractivity contribution in [1.82, 2.24) is 9.97 Å². The maximum Gasteiger partial charge on any atom is 0.0972 e. The largest absolute Gasteiger partial charge is 0.288 e. The normalized spacial score (nSPS) is 18.2. The van der Waals surface area contributed by atoms with Crippen molar-refractivity contribution in [3.8, 4) is 22.5 Å². The molecule has 4 aromatic carbocycles. The van der Waals surface area contributed by atoms with Crippen LogP contribution in [0.5, 0.6) is 0 Å². The minimum absolute atomic E-state index is 0.257. The van der Waals surface area contributed by atoms with Crippen LogP contribution in [-0.2, 0) is 0 Å². The molecule has 0 amide bonds. The van der Waals surface area contributed by atoms with E-state index in [1.54, 1.807) is 5.56 Å². The van der Waals surface area contributed by atoms with Crippen molar-refractivity contribution in [1.29, 1.82) is 0 Å². The summed E-state index contributed by atoms with van der Waals surface area (Å²) in [5, 5.41) is 2.85. The second-order valence-electron chi connectivity index (χ2n) is 15.0. The van der Waals surface area contributed by atoms with E-state index in [9.17, 15) is 0 Å². The van der Waals surface area contributed by atoms with Gasteiger partial charge in [0, 0.05) is 50.6 Å². The van der Waals surface area contributed by atoms with Crippen molar-refractivity contribution in [2.45, 2.75) is 68.4 Å². The molecule has 3 unspecified atom stereocenters. The van der Waals surface area contributed by atoms with Crippen molar-refractivity contribution in [2.24, 2.45) is 4.99 Å². The Labute approximate surface area is 336 Å². The van der Waals surface area contributed by atoms with Gasteiger partial charge >= 0.3 is 0 Å². The molecule has 2 aliphatic rings. The van der Waals surface area contributed by atoms with Crippen LogP contribution in [0.4, 0.5) is 0 Å². The monoisotopic (exact) mass is 747 g/mol. The van der Waals surface area contributed by atoms with E-state index < -0.39 is 0 Å². The summed E-state index contributed by atoms with van der Waals surface area (Å²) in [6, 6.07) is 36.5. The number of benzene rings is 4. The molecule has 0 spiro atoms. The zero-order valence-corrected chi connectivity index (χ0v) is 33.7. The Bertz CT molecular complexity index is 2570. The number of aromatic nitrogens is 2. The summed E-state index contributed by atoms with van der Waals surface area (Å²) < 4.78 is 0. The predicted molar refractivity (Wildman–Crippen MR) is 242 cm³/mol. The second-order valence-corrected chi connectivity index (χ2v) is 16.3. The summed E-state index contributed by atoms with van der Waals surface area (Å²) in [6.45, 7) is 10.7. The highest BCUT2D eigenvalue weighted by Gasteiger charge is 2.37. The van der Waals surface area contributed by atoms with Crippen LogP contribution in [0.2, 0.25) is 0 Å². The van der Waals surface area contributed by atoms with Gasteiger partial charge in [0.15, 0.2) is 0 Å². The minimum atomic E-state index is 0.257. The molecule has 0 N–H and O–H groups in total. The molecule has 3 heterocycles. The summed E-state index contributed by atoms with van der Waals surface area (Å²) in [5.41, 5.74) is 14.5. The minimum Gasteiger partial charge on any atom is -0.288 e. The van der Waals surface area contributed by atoms with Gasteiger partial charge in [-0.1, -0.05) is 159 Å². The fourth-order valence-electron chi connectivity index (χ4n) is 8.62. The van der Waals surface area contributed by atoms with Crippen LogP contribution in [0.1, 0.15) is 80.5 Å². The Morgan fingerprint density at radius 3 is 2.11 bits per heavy atom. The molecule has 0 saturated heterocycles. The molecular formula is C52H49N3S. The van der Waals surface area contributed by atoms with Gasteiger partial charge in [0.05, 0.1) is 28.1 Å². The lowest BCUT2D eigenvalue weighted by Crippen LogP contribution is -2.15. The summed E-state index contributed by atoms with van der Waals surface area (Å²) in [6.07, 6.45) is 20.3. The Hall–Kier alpha value is -5.58. The molecule has 4 heteroatoms. The highest BCUT2D eigenvalue weighted by molar-refractivity contribution is 8.00. The number of hydrogen-bond donors (Lipinski definition) is 0. The van der Waals surface area contributed by atoms with Gasteiger partial charge in [-0.3, -0.25) is 4.99 Å². The molecule has 1 saturated carbocycles. The lowest BCUT2D eigenvalue weighted by atomic mass is 9.81. The van der Waals surface area contributed by atoms with Crippen molar-refractivity contribution >= 4 is 44.9 Å². The fourth-order valence-corrected chi connectivity index (χ4v) is 10.4. The number of pyridine rings is 2. The topological polar surface area (TPSA) is 38.1 Å². The van der Waals surface area contributed by atoms with Crippen LogP contribution in [0.25, 0.3) is 49.9 Å². The van der Waals surface area contributed by atoms with E-state index >= 15 is 0 Å². The molecule has 6 aromatic rings. The first-order valence-electron chi connectivity index (χ1n) is 19.9. The van der Waals surface area contributed by atoms with Crippen molar-refractivity contribution < 1.29 is 0 Å². The van der Waals surface area contributed by atoms with E-state index in [4.69, 9.17) is 15.0 Å². The van der Waals surface area contributed by atoms with Crippen LogP contribution in [-0.4, -0.2) is 28.0 Å². The summed E-state index contributed by atoms with van der Waals surface area (Å²) in [5.74, 6) is 0.924. The Morgan fingerprint density at radius 2 is 1.45 bits per heavy atom. The number of allylic oxidation sites excluding steroid dienone is 9. The summed E-state index contributed by atoms with van der Waals surface area (Å²) >= 11 is 2.13. The van der Waals surface area contributed by atoms with E-state index in [1.807, 2.05) is 31.3 Å². The van der Waals surface area contributed by atoms with E-state index in [0.717, 1.165) is 61.2 Å². The summed E-state index contributed by atoms with van der Waals surface area (Å²) in [7, 11) is 1.92. The van der Waals surface area contributed by atoms with Gasteiger partial charge in [-0.15, -0.1) is 11.8 Å². The number of nitrogens with zero attached hydrogens (tertiary/aromatic N) is 3. The third-order valence-electron chi connectivity index (χ3n) is 11.3. The highest BCUT2D eigenvalue weighted by atomic mass is 32.2. The number of aliphatic imine (C=N–C) groups is 1. The molecule has 2 aromatic heterocycles.